The zero-order valence-electron chi connectivity index (χ0n) is 17.1. The quantitative estimate of drug-likeness (QED) is 0.642. The predicted molar refractivity (Wildman–Crippen MR) is 118 cm³/mol. The number of fused-ring (bicyclic) bond motifs is 1. The standard InChI is InChI=1S/C24H25N3O3/c1-17-15-21(20-7-3-4-8-22(20)25-17)24(29)30-16-23(28)26-18-9-11-19(12-10-18)27-13-5-2-6-14-27/h3-4,7-12,15H,2,5-6,13-14,16H2,1H3,(H,26,28). The zero-order chi connectivity index (χ0) is 20.9. The Balaban J connectivity index is 1.35. The van der Waals surface area contributed by atoms with Crippen molar-refractivity contribution < 1.29 is 14.3 Å². The van der Waals surface area contributed by atoms with E-state index in [1.165, 1.54) is 24.9 Å². The minimum Gasteiger partial charge on any atom is -0.452 e. The van der Waals surface area contributed by atoms with Crippen molar-refractivity contribution in [3.63, 3.8) is 0 Å². The number of nitrogens with one attached hydrogen (secondary N) is 1. The average Bonchev–Trinajstić information content (AvgIpc) is 2.78. The van der Waals surface area contributed by atoms with Crippen LogP contribution in [0.1, 0.15) is 35.3 Å². The maximum atomic E-state index is 12.6. The Hall–Kier alpha value is -3.41. The molecule has 0 spiro atoms. The van der Waals surface area contributed by atoms with E-state index < -0.39 is 5.97 Å². The minimum atomic E-state index is -0.535. The summed E-state index contributed by atoms with van der Waals surface area (Å²) in [7, 11) is 0. The van der Waals surface area contributed by atoms with E-state index in [-0.39, 0.29) is 12.5 Å². The van der Waals surface area contributed by atoms with Gasteiger partial charge >= 0.3 is 5.97 Å². The normalized spacial score (nSPS) is 13.8. The summed E-state index contributed by atoms with van der Waals surface area (Å²) in [6, 6.07) is 16.8. The summed E-state index contributed by atoms with van der Waals surface area (Å²) in [5.74, 6) is -0.906. The lowest BCUT2D eigenvalue weighted by molar-refractivity contribution is -0.119. The number of nitrogens with zero attached hydrogens (tertiary/aromatic N) is 2. The molecule has 1 saturated heterocycles. The molecular formula is C24H25N3O3. The summed E-state index contributed by atoms with van der Waals surface area (Å²) in [6.07, 6.45) is 3.73. The van der Waals surface area contributed by atoms with Gasteiger partial charge in [-0.05, 0) is 62.6 Å². The van der Waals surface area contributed by atoms with Crippen LogP contribution in [0.4, 0.5) is 11.4 Å². The molecule has 2 heterocycles. The number of amides is 1. The molecule has 0 bridgehead atoms. The molecule has 1 aromatic heterocycles. The van der Waals surface area contributed by atoms with Gasteiger partial charge in [0, 0.05) is 35.5 Å². The molecule has 1 aliphatic heterocycles. The average molecular weight is 403 g/mol. The molecule has 6 nitrogen and oxygen atoms in total. The molecule has 1 amide bonds. The number of carbonyl (C=O) groups excluding carboxylic acids is 2. The first-order valence-electron chi connectivity index (χ1n) is 10.3. The highest BCUT2D eigenvalue weighted by Gasteiger charge is 2.15. The molecular weight excluding hydrogens is 378 g/mol. The van der Waals surface area contributed by atoms with Crippen molar-refractivity contribution in [1.82, 2.24) is 4.98 Å². The van der Waals surface area contributed by atoms with Gasteiger partial charge in [-0.2, -0.15) is 0 Å². The van der Waals surface area contributed by atoms with Crippen LogP contribution in [0.5, 0.6) is 0 Å². The van der Waals surface area contributed by atoms with Gasteiger partial charge in [0.05, 0.1) is 11.1 Å². The third-order valence-electron chi connectivity index (χ3n) is 5.27. The third kappa shape index (κ3) is 4.59. The fourth-order valence-corrected chi connectivity index (χ4v) is 3.79. The van der Waals surface area contributed by atoms with E-state index in [0.29, 0.717) is 16.6 Å². The highest BCUT2D eigenvalue weighted by atomic mass is 16.5. The number of benzene rings is 2. The van der Waals surface area contributed by atoms with Crippen LogP contribution < -0.4 is 10.2 Å². The highest BCUT2D eigenvalue weighted by Crippen LogP contribution is 2.22. The first-order valence-corrected chi connectivity index (χ1v) is 10.3. The summed E-state index contributed by atoms with van der Waals surface area (Å²) in [4.78, 5) is 31.6. The number of carbonyl (C=O) groups is 2. The molecule has 0 unspecified atom stereocenters. The van der Waals surface area contributed by atoms with Crippen LogP contribution in [0, 0.1) is 6.92 Å². The minimum absolute atomic E-state index is 0.345. The number of para-hydroxylation sites is 1. The molecule has 2 aromatic carbocycles. The number of aromatic nitrogens is 1. The second kappa shape index (κ2) is 8.95. The lowest BCUT2D eigenvalue weighted by Gasteiger charge is -2.28. The van der Waals surface area contributed by atoms with Crippen molar-refractivity contribution in [2.75, 3.05) is 29.9 Å². The summed E-state index contributed by atoms with van der Waals surface area (Å²) in [6.45, 7) is 3.63. The van der Waals surface area contributed by atoms with Crippen LogP contribution >= 0.6 is 0 Å². The van der Waals surface area contributed by atoms with E-state index in [1.807, 2.05) is 55.5 Å². The van der Waals surface area contributed by atoms with E-state index in [2.05, 4.69) is 15.2 Å². The van der Waals surface area contributed by atoms with E-state index in [9.17, 15) is 9.59 Å². The monoisotopic (exact) mass is 403 g/mol. The highest BCUT2D eigenvalue weighted by molar-refractivity contribution is 6.04. The maximum Gasteiger partial charge on any atom is 0.339 e. The molecule has 0 radical (unpaired) electrons. The Morgan fingerprint density at radius 3 is 2.53 bits per heavy atom. The van der Waals surface area contributed by atoms with E-state index in [4.69, 9.17) is 4.74 Å². The van der Waals surface area contributed by atoms with Gasteiger partial charge in [-0.15, -0.1) is 0 Å². The van der Waals surface area contributed by atoms with Crippen LogP contribution in [-0.4, -0.2) is 36.6 Å². The van der Waals surface area contributed by atoms with Crippen molar-refractivity contribution in [2.24, 2.45) is 0 Å². The van der Waals surface area contributed by atoms with Gasteiger partial charge < -0.3 is 15.0 Å². The summed E-state index contributed by atoms with van der Waals surface area (Å²) in [5.41, 5.74) is 3.71. The van der Waals surface area contributed by atoms with Crippen molar-refractivity contribution in [2.45, 2.75) is 26.2 Å². The summed E-state index contributed by atoms with van der Waals surface area (Å²) >= 11 is 0. The second-order valence-corrected chi connectivity index (χ2v) is 7.55. The molecule has 0 saturated carbocycles. The van der Waals surface area contributed by atoms with Gasteiger partial charge in [0.25, 0.3) is 5.91 Å². The maximum absolute atomic E-state index is 12.6. The number of rotatable bonds is 5. The topological polar surface area (TPSA) is 71.5 Å². The van der Waals surface area contributed by atoms with Gasteiger partial charge in [0.15, 0.2) is 6.61 Å². The number of hydrogen-bond acceptors (Lipinski definition) is 5. The predicted octanol–water partition coefficient (Wildman–Crippen LogP) is 4.33. The number of esters is 1. The van der Waals surface area contributed by atoms with Crippen LogP contribution in [0.15, 0.2) is 54.6 Å². The number of anilines is 2. The second-order valence-electron chi connectivity index (χ2n) is 7.55. The summed E-state index contributed by atoms with van der Waals surface area (Å²) in [5, 5.41) is 3.49. The number of aryl methyl sites for hydroxylation is 1. The molecule has 3 aromatic rings. The van der Waals surface area contributed by atoms with Gasteiger partial charge in [-0.25, -0.2) is 4.79 Å². The van der Waals surface area contributed by atoms with Crippen LogP contribution in [0.25, 0.3) is 10.9 Å². The van der Waals surface area contributed by atoms with E-state index >= 15 is 0 Å². The van der Waals surface area contributed by atoms with E-state index in [0.717, 1.165) is 24.3 Å². The van der Waals surface area contributed by atoms with Gasteiger partial charge in [0.1, 0.15) is 0 Å². The molecule has 1 fully saturated rings. The van der Waals surface area contributed by atoms with E-state index in [1.54, 1.807) is 6.07 Å². The van der Waals surface area contributed by atoms with Gasteiger partial charge in [0.2, 0.25) is 0 Å². The Bertz CT molecular complexity index is 1060. The van der Waals surface area contributed by atoms with Crippen LogP contribution in [0.2, 0.25) is 0 Å². The molecule has 1 N–H and O–H groups in total. The molecule has 4 rings (SSSR count). The largest absolute Gasteiger partial charge is 0.452 e. The van der Waals surface area contributed by atoms with Crippen LogP contribution in [0.3, 0.4) is 0 Å². The molecule has 0 aliphatic carbocycles. The molecule has 0 atom stereocenters. The van der Waals surface area contributed by atoms with Crippen molar-refractivity contribution in [3.8, 4) is 0 Å². The molecule has 6 heteroatoms. The zero-order valence-corrected chi connectivity index (χ0v) is 17.1. The number of pyridine rings is 1. The lowest BCUT2D eigenvalue weighted by Crippen LogP contribution is -2.29. The lowest BCUT2D eigenvalue weighted by atomic mass is 10.1. The van der Waals surface area contributed by atoms with Crippen molar-refractivity contribution in [1.29, 1.82) is 0 Å². The molecule has 154 valence electrons. The van der Waals surface area contributed by atoms with Gasteiger partial charge in [-0.3, -0.25) is 9.78 Å². The first kappa shape index (κ1) is 19.9. The third-order valence-corrected chi connectivity index (χ3v) is 5.27. The number of ether oxygens (including phenoxy) is 1. The Kier molecular flexibility index (Phi) is 5.93. The fourth-order valence-electron chi connectivity index (χ4n) is 3.79. The first-order chi connectivity index (χ1) is 14.6. The fraction of sp³-hybridized carbons (Fsp3) is 0.292. The van der Waals surface area contributed by atoms with Gasteiger partial charge in [-0.1, -0.05) is 18.2 Å². The van der Waals surface area contributed by atoms with Crippen LogP contribution in [-0.2, 0) is 9.53 Å². The Labute approximate surface area is 175 Å². The Morgan fingerprint density at radius 2 is 1.77 bits per heavy atom. The molecule has 1 aliphatic rings. The summed E-state index contributed by atoms with van der Waals surface area (Å²) < 4.78 is 5.26. The SMILES string of the molecule is Cc1cc(C(=O)OCC(=O)Nc2ccc(N3CCCCC3)cc2)c2ccccc2n1. The number of piperidine rings is 1. The smallest absolute Gasteiger partial charge is 0.339 e. The molecule has 30 heavy (non-hydrogen) atoms. The number of hydrogen-bond donors (Lipinski definition) is 1. The van der Waals surface area contributed by atoms with Crippen molar-refractivity contribution >= 4 is 34.2 Å². The Morgan fingerprint density at radius 1 is 1.03 bits per heavy atom. The van der Waals surface area contributed by atoms with Crippen molar-refractivity contribution in [3.05, 3.63) is 65.9 Å².